The maximum Gasteiger partial charge on any atom is 0.339 e. The molecule has 9 heteroatoms. The number of nitrogens with zero attached hydrogens (tertiary/aromatic N) is 1. The first-order valence-corrected chi connectivity index (χ1v) is 7.71. The number of hydrogen-bond donors (Lipinski definition) is 2. The van der Waals surface area contributed by atoms with Crippen molar-refractivity contribution < 1.29 is 24.0 Å². The highest BCUT2D eigenvalue weighted by Gasteiger charge is 2.20. The molecule has 1 aromatic carbocycles. The molecule has 3 amide bonds. The lowest BCUT2D eigenvalue weighted by Crippen LogP contribution is -2.42. The highest BCUT2D eigenvalue weighted by atomic mass is 16.6. The number of nitrogens with one attached hydrogen (secondary N) is 2. The van der Waals surface area contributed by atoms with Gasteiger partial charge in [-0.05, 0) is 25.3 Å². The van der Waals surface area contributed by atoms with Gasteiger partial charge in [0, 0.05) is 18.2 Å². The molecular weight excluding hydrogens is 330 g/mol. The summed E-state index contributed by atoms with van der Waals surface area (Å²) in [6.07, 6.45) is 0.767. The summed E-state index contributed by atoms with van der Waals surface area (Å²) < 4.78 is 4.80. The molecule has 0 radical (unpaired) electrons. The van der Waals surface area contributed by atoms with Crippen LogP contribution < -0.4 is 10.6 Å². The number of hydrogen-bond acceptors (Lipinski definition) is 6. The van der Waals surface area contributed by atoms with Crippen LogP contribution in [0.25, 0.3) is 0 Å². The van der Waals surface area contributed by atoms with Gasteiger partial charge in [0.2, 0.25) is 0 Å². The lowest BCUT2D eigenvalue weighted by atomic mass is 10.1. The van der Waals surface area contributed by atoms with Crippen LogP contribution in [0.4, 0.5) is 10.5 Å². The number of carbonyl (C=O) groups is 3. The van der Waals surface area contributed by atoms with E-state index >= 15 is 0 Å². The van der Waals surface area contributed by atoms with E-state index in [4.69, 9.17) is 4.74 Å². The Morgan fingerprint density at radius 1 is 1.28 bits per heavy atom. The van der Waals surface area contributed by atoms with Crippen molar-refractivity contribution in [1.29, 1.82) is 0 Å². The zero-order chi connectivity index (χ0) is 19.0. The van der Waals surface area contributed by atoms with E-state index in [1.54, 1.807) is 0 Å². The van der Waals surface area contributed by atoms with Crippen LogP contribution in [0, 0.1) is 23.0 Å². The van der Waals surface area contributed by atoms with Crippen molar-refractivity contribution in [2.75, 3.05) is 13.2 Å². The minimum absolute atomic E-state index is 0.0108. The van der Waals surface area contributed by atoms with Crippen LogP contribution in [0.5, 0.6) is 0 Å². The van der Waals surface area contributed by atoms with Crippen molar-refractivity contribution in [3.8, 4) is 0 Å². The Morgan fingerprint density at radius 2 is 1.96 bits per heavy atom. The molecule has 1 aromatic rings. The summed E-state index contributed by atoms with van der Waals surface area (Å²) >= 11 is 0. The average molecular weight is 351 g/mol. The second-order valence-corrected chi connectivity index (χ2v) is 5.77. The molecule has 0 unspecified atom stereocenters. The molecule has 0 aliphatic carbocycles. The lowest BCUT2D eigenvalue weighted by Gasteiger charge is -2.09. The molecule has 0 saturated carbocycles. The number of amides is 3. The van der Waals surface area contributed by atoms with E-state index < -0.39 is 29.4 Å². The molecule has 9 nitrogen and oxygen atoms in total. The van der Waals surface area contributed by atoms with Crippen molar-refractivity contribution in [2.24, 2.45) is 5.92 Å². The van der Waals surface area contributed by atoms with Crippen LogP contribution in [0.3, 0.4) is 0 Å². The van der Waals surface area contributed by atoms with E-state index in [9.17, 15) is 24.5 Å². The first-order chi connectivity index (χ1) is 11.7. The molecule has 0 spiro atoms. The van der Waals surface area contributed by atoms with E-state index in [1.807, 2.05) is 19.2 Å². The minimum atomic E-state index is -0.878. The maximum atomic E-state index is 12.0. The summed E-state index contributed by atoms with van der Waals surface area (Å²) in [5, 5.41) is 15.4. The van der Waals surface area contributed by atoms with Crippen molar-refractivity contribution in [1.82, 2.24) is 10.6 Å². The Bertz CT molecular complexity index is 672. The van der Waals surface area contributed by atoms with Crippen LogP contribution in [0.15, 0.2) is 18.2 Å². The molecule has 0 fully saturated rings. The van der Waals surface area contributed by atoms with Crippen LogP contribution in [0.2, 0.25) is 0 Å². The summed E-state index contributed by atoms with van der Waals surface area (Å²) in [6.45, 7) is 5.17. The van der Waals surface area contributed by atoms with Gasteiger partial charge in [-0.3, -0.25) is 20.2 Å². The first-order valence-electron chi connectivity index (χ1n) is 7.71. The fraction of sp³-hybridized carbons (Fsp3) is 0.438. The molecule has 0 saturated heterocycles. The van der Waals surface area contributed by atoms with Crippen LogP contribution >= 0.6 is 0 Å². The minimum Gasteiger partial charge on any atom is -0.452 e. The summed E-state index contributed by atoms with van der Waals surface area (Å²) in [5.41, 5.74) is -0.0869. The molecule has 136 valence electrons. The standard InChI is InChI=1S/C16H21N3O6/c1-10(2)7-8-17-16(22)18-14(20)9-25-15(21)12-5-4-6-13(11(12)3)19(23)24/h4-6,10H,7-9H2,1-3H3,(H2,17,18,20,22). The van der Waals surface area contributed by atoms with Crippen LogP contribution in [-0.4, -0.2) is 36.0 Å². The molecule has 0 aliphatic rings. The van der Waals surface area contributed by atoms with Crippen molar-refractivity contribution in [3.63, 3.8) is 0 Å². The van der Waals surface area contributed by atoms with Gasteiger partial charge in [0.15, 0.2) is 6.61 Å². The topological polar surface area (TPSA) is 128 Å². The fourth-order valence-corrected chi connectivity index (χ4v) is 1.93. The Labute approximate surface area is 144 Å². The number of carbonyl (C=O) groups excluding carboxylic acids is 3. The molecule has 25 heavy (non-hydrogen) atoms. The Kier molecular flexibility index (Phi) is 7.51. The smallest absolute Gasteiger partial charge is 0.339 e. The predicted octanol–water partition coefficient (Wildman–Crippen LogP) is 1.93. The van der Waals surface area contributed by atoms with Gasteiger partial charge in [-0.2, -0.15) is 0 Å². The average Bonchev–Trinajstić information content (AvgIpc) is 2.52. The number of ether oxygens (including phenoxy) is 1. The fourth-order valence-electron chi connectivity index (χ4n) is 1.93. The summed E-state index contributed by atoms with van der Waals surface area (Å²) in [5.74, 6) is -1.26. The molecule has 1 rings (SSSR count). The monoisotopic (exact) mass is 351 g/mol. The Morgan fingerprint density at radius 3 is 2.56 bits per heavy atom. The van der Waals surface area contributed by atoms with Crippen LogP contribution in [0.1, 0.15) is 36.2 Å². The van der Waals surface area contributed by atoms with E-state index in [0.29, 0.717) is 12.5 Å². The third-order valence-electron chi connectivity index (χ3n) is 3.32. The maximum absolute atomic E-state index is 12.0. The normalized spacial score (nSPS) is 10.2. The summed E-state index contributed by atoms with van der Waals surface area (Å²) in [6, 6.07) is 3.30. The highest BCUT2D eigenvalue weighted by molar-refractivity contribution is 5.97. The third-order valence-corrected chi connectivity index (χ3v) is 3.32. The molecule has 0 heterocycles. The predicted molar refractivity (Wildman–Crippen MR) is 89.1 cm³/mol. The van der Waals surface area contributed by atoms with E-state index in [1.165, 1.54) is 25.1 Å². The largest absolute Gasteiger partial charge is 0.452 e. The van der Waals surface area contributed by atoms with Crippen molar-refractivity contribution in [2.45, 2.75) is 27.2 Å². The highest BCUT2D eigenvalue weighted by Crippen LogP contribution is 2.21. The number of nitro benzene ring substituents is 1. The van der Waals surface area contributed by atoms with Gasteiger partial charge in [0.1, 0.15) is 0 Å². The first kappa shape index (κ1) is 20.1. The van der Waals surface area contributed by atoms with Gasteiger partial charge in [0.25, 0.3) is 11.6 Å². The molecule has 0 atom stereocenters. The van der Waals surface area contributed by atoms with E-state index in [-0.39, 0.29) is 16.8 Å². The zero-order valence-electron chi connectivity index (χ0n) is 14.3. The molecular formula is C16H21N3O6. The van der Waals surface area contributed by atoms with Crippen LogP contribution in [-0.2, 0) is 9.53 Å². The SMILES string of the molecule is Cc1c(C(=O)OCC(=O)NC(=O)NCCC(C)C)cccc1[N+](=O)[O-]. The number of esters is 1. The Balaban J connectivity index is 2.51. The molecule has 0 bridgehead atoms. The van der Waals surface area contributed by atoms with Gasteiger partial charge in [-0.15, -0.1) is 0 Å². The number of benzene rings is 1. The Hall–Kier alpha value is -2.97. The summed E-state index contributed by atoms with van der Waals surface area (Å²) in [4.78, 5) is 45.3. The quantitative estimate of drug-likeness (QED) is 0.439. The zero-order valence-corrected chi connectivity index (χ0v) is 14.3. The number of imide groups is 1. The lowest BCUT2D eigenvalue weighted by molar-refractivity contribution is -0.385. The third kappa shape index (κ3) is 6.58. The van der Waals surface area contributed by atoms with Gasteiger partial charge in [0.05, 0.1) is 10.5 Å². The van der Waals surface area contributed by atoms with Gasteiger partial charge in [-0.25, -0.2) is 9.59 Å². The molecule has 0 aliphatic heterocycles. The number of rotatable bonds is 7. The van der Waals surface area contributed by atoms with Crippen molar-refractivity contribution in [3.05, 3.63) is 39.4 Å². The summed E-state index contributed by atoms with van der Waals surface area (Å²) in [7, 11) is 0. The number of nitro groups is 1. The molecule has 0 aromatic heterocycles. The van der Waals surface area contributed by atoms with Gasteiger partial charge in [-0.1, -0.05) is 19.9 Å². The van der Waals surface area contributed by atoms with Crippen molar-refractivity contribution >= 4 is 23.6 Å². The second kappa shape index (κ2) is 9.36. The molecule has 2 N–H and O–H groups in total. The number of urea groups is 1. The van der Waals surface area contributed by atoms with Gasteiger partial charge >= 0.3 is 12.0 Å². The van der Waals surface area contributed by atoms with E-state index in [0.717, 1.165) is 6.42 Å². The van der Waals surface area contributed by atoms with E-state index in [2.05, 4.69) is 5.32 Å². The second-order valence-electron chi connectivity index (χ2n) is 5.77. The van der Waals surface area contributed by atoms with Gasteiger partial charge < -0.3 is 10.1 Å².